The van der Waals surface area contributed by atoms with E-state index >= 15 is 0 Å². The summed E-state index contributed by atoms with van der Waals surface area (Å²) in [7, 11) is 4.87. The molecule has 0 radical (unpaired) electrons. The quantitative estimate of drug-likeness (QED) is 0.810. The van der Waals surface area contributed by atoms with Gasteiger partial charge in [-0.15, -0.1) is 0 Å². The van der Waals surface area contributed by atoms with Gasteiger partial charge in [0.05, 0.1) is 13.2 Å². The molecule has 0 aliphatic carbocycles. The average Bonchev–Trinajstić information content (AvgIpc) is 2.37. The first-order chi connectivity index (χ1) is 9.35. The van der Waals surface area contributed by atoms with Crippen molar-refractivity contribution in [2.75, 3.05) is 40.0 Å². The van der Waals surface area contributed by atoms with Crippen LogP contribution in [0.2, 0.25) is 0 Å². The second-order valence-corrected chi connectivity index (χ2v) is 4.67. The summed E-state index contributed by atoms with van der Waals surface area (Å²) >= 11 is 0. The summed E-state index contributed by atoms with van der Waals surface area (Å²) in [6, 6.07) is 4.85. The van der Waals surface area contributed by atoms with Crippen molar-refractivity contribution in [3.05, 3.63) is 23.8 Å². The minimum Gasteiger partial charge on any atom is -0.494 e. The molecule has 1 rings (SSSR count). The van der Waals surface area contributed by atoms with Crippen LogP contribution >= 0.6 is 0 Å². The number of nitrogen functional groups attached to an aromatic ring is 1. The molecular weight excluding hydrogens is 258 g/mol. The third kappa shape index (κ3) is 4.15. The molecule has 0 bridgehead atoms. The SMILES string of the molecule is CCOc1cc(N)cc(C(=O)N(C)CC(=O)N(C)C)c1. The molecule has 0 aliphatic heterocycles. The van der Waals surface area contributed by atoms with E-state index in [1.165, 1.54) is 9.80 Å². The molecule has 0 aliphatic rings. The topological polar surface area (TPSA) is 75.9 Å². The highest BCUT2D eigenvalue weighted by Crippen LogP contribution is 2.20. The van der Waals surface area contributed by atoms with Gasteiger partial charge in [-0.1, -0.05) is 0 Å². The molecule has 0 aromatic heterocycles. The normalized spacial score (nSPS) is 10.0. The zero-order chi connectivity index (χ0) is 15.3. The minimum absolute atomic E-state index is 0.0185. The number of carbonyl (C=O) groups is 2. The van der Waals surface area contributed by atoms with E-state index in [-0.39, 0.29) is 18.4 Å². The van der Waals surface area contributed by atoms with Gasteiger partial charge in [0.1, 0.15) is 5.75 Å². The van der Waals surface area contributed by atoms with Gasteiger partial charge in [0, 0.05) is 38.5 Å². The molecule has 1 aromatic carbocycles. The molecule has 0 saturated heterocycles. The summed E-state index contributed by atoms with van der Waals surface area (Å²) in [4.78, 5) is 26.7. The Morgan fingerprint density at radius 1 is 1.20 bits per heavy atom. The van der Waals surface area contributed by atoms with Gasteiger partial charge < -0.3 is 20.3 Å². The van der Waals surface area contributed by atoms with Gasteiger partial charge in [-0.3, -0.25) is 9.59 Å². The van der Waals surface area contributed by atoms with Crippen molar-refractivity contribution in [1.29, 1.82) is 0 Å². The second-order valence-electron chi connectivity index (χ2n) is 4.67. The molecule has 6 heteroatoms. The van der Waals surface area contributed by atoms with E-state index in [4.69, 9.17) is 10.5 Å². The number of likely N-dealkylation sites (N-methyl/N-ethyl adjacent to an activating group) is 2. The van der Waals surface area contributed by atoms with Crippen LogP contribution in [0.3, 0.4) is 0 Å². The zero-order valence-electron chi connectivity index (χ0n) is 12.3. The van der Waals surface area contributed by atoms with Crippen LogP contribution < -0.4 is 10.5 Å². The molecule has 6 nitrogen and oxygen atoms in total. The molecule has 0 fully saturated rings. The van der Waals surface area contributed by atoms with Crippen LogP contribution in [0.1, 0.15) is 17.3 Å². The lowest BCUT2D eigenvalue weighted by atomic mass is 10.1. The summed E-state index contributed by atoms with van der Waals surface area (Å²) in [6.45, 7) is 2.36. The number of anilines is 1. The van der Waals surface area contributed by atoms with Gasteiger partial charge in [-0.25, -0.2) is 0 Å². The molecule has 0 saturated carbocycles. The van der Waals surface area contributed by atoms with Crippen molar-refractivity contribution in [3.8, 4) is 5.75 Å². The average molecular weight is 279 g/mol. The molecule has 1 aromatic rings. The summed E-state index contributed by atoms with van der Waals surface area (Å²) in [6.07, 6.45) is 0. The van der Waals surface area contributed by atoms with Crippen molar-refractivity contribution >= 4 is 17.5 Å². The van der Waals surface area contributed by atoms with E-state index in [1.807, 2.05) is 6.92 Å². The lowest BCUT2D eigenvalue weighted by Gasteiger charge is -2.19. The molecule has 0 heterocycles. The number of hydrogen-bond acceptors (Lipinski definition) is 4. The molecule has 110 valence electrons. The number of nitrogens with zero attached hydrogens (tertiary/aromatic N) is 2. The van der Waals surface area contributed by atoms with Crippen molar-refractivity contribution in [2.24, 2.45) is 0 Å². The van der Waals surface area contributed by atoms with Gasteiger partial charge in [-0.2, -0.15) is 0 Å². The predicted molar refractivity (Wildman–Crippen MR) is 77.7 cm³/mol. The van der Waals surface area contributed by atoms with E-state index in [9.17, 15) is 9.59 Å². The maximum absolute atomic E-state index is 12.3. The fourth-order valence-corrected chi connectivity index (χ4v) is 1.63. The lowest BCUT2D eigenvalue weighted by molar-refractivity contribution is -0.129. The third-order valence-corrected chi connectivity index (χ3v) is 2.70. The second kappa shape index (κ2) is 6.79. The number of benzene rings is 1. The Kier molecular flexibility index (Phi) is 5.37. The number of hydrogen-bond donors (Lipinski definition) is 1. The van der Waals surface area contributed by atoms with Crippen LogP contribution in [0, 0.1) is 0 Å². The monoisotopic (exact) mass is 279 g/mol. The Morgan fingerprint density at radius 3 is 2.40 bits per heavy atom. The van der Waals surface area contributed by atoms with Gasteiger partial charge in [0.15, 0.2) is 0 Å². The van der Waals surface area contributed by atoms with Crippen molar-refractivity contribution in [2.45, 2.75) is 6.92 Å². The fourth-order valence-electron chi connectivity index (χ4n) is 1.63. The van der Waals surface area contributed by atoms with Crippen molar-refractivity contribution in [3.63, 3.8) is 0 Å². The van der Waals surface area contributed by atoms with Crippen LogP contribution in [0.25, 0.3) is 0 Å². The molecule has 2 N–H and O–H groups in total. The van der Waals surface area contributed by atoms with Gasteiger partial charge in [-0.05, 0) is 19.1 Å². The number of ether oxygens (including phenoxy) is 1. The van der Waals surface area contributed by atoms with Crippen molar-refractivity contribution in [1.82, 2.24) is 9.80 Å². The Balaban J connectivity index is 2.88. The molecule has 0 unspecified atom stereocenters. The Hall–Kier alpha value is -2.24. The Labute approximate surface area is 119 Å². The van der Waals surface area contributed by atoms with Crippen LogP contribution in [0.15, 0.2) is 18.2 Å². The highest BCUT2D eigenvalue weighted by atomic mass is 16.5. The van der Waals surface area contributed by atoms with E-state index < -0.39 is 0 Å². The first kappa shape index (κ1) is 15.8. The number of amides is 2. The number of nitrogens with two attached hydrogens (primary N) is 1. The molecule has 20 heavy (non-hydrogen) atoms. The third-order valence-electron chi connectivity index (χ3n) is 2.70. The maximum atomic E-state index is 12.3. The molecule has 0 atom stereocenters. The predicted octanol–water partition coefficient (Wildman–Crippen LogP) is 0.828. The zero-order valence-corrected chi connectivity index (χ0v) is 12.3. The summed E-state index contributed by atoms with van der Waals surface area (Å²) in [5.41, 5.74) is 6.61. The highest BCUT2D eigenvalue weighted by Gasteiger charge is 2.17. The smallest absolute Gasteiger partial charge is 0.254 e. The maximum Gasteiger partial charge on any atom is 0.254 e. The van der Waals surface area contributed by atoms with Gasteiger partial charge in [0.2, 0.25) is 5.91 Å². The van der Waals surface area contributed by atoms with E-state index in [0.717, 1.165) is 0 Å². The highest BCUT2D eigenvalue weighted by molar-refractivity contribution is 5.97. The number of rotatable bonds is 5. The van der Waals surface area contributed by atoms with Crippen LogP contribution in [-0.2, 0) is 4.79 Å². The van der Waals surface area contributed by atoms with Crippen LogP contribution in [-0.4, -0.2) is 55.9 Å². The largest absolute Gasteiger partial charge is 0.494 e. The number of carbonyl (C=O) groups excluding carboxylic acids is 2. The Bertz CT molecular complexity index is 500. The van der Waals surface area contributed by atoms with E-state index in [0.29, 0.717) is 23.6 Å². The summed E-state index contributed by atoms with van der Waals surface area (Å²) in [5, 5.41) is 0. The fraction of sp³-hybridized carbons (Fsp3) is 0.429. The molecule has 0 spiro atoms. The summed E-state index contributed by atoms with van der Waals surface area (Å²) < 4.78 is 5.35. The minimum atomic E-state index is -0.270. The first-order valence-corrected chi connectivity index (χ1v) is 6.34. The first-order valence-electron chi connectivity index (χ1n) is 6.34. The van der Waals surface area contributed by atoms with E-state index in [2.05, 4.69) is 0 Å². The van der Waals surface area contributed by atoms with Crippen LogP contribution in [0.4, 0.5) is 5.69 Å². The molecular formula is C14H21N3O3. The van der Waals surface area contributed by atoms with E-state index in [1.54, 1.807) is 39.3 Å². The lowest BCUT2D eigenvalue weighted by Crippen LogP contribution is -2.37. The van der Waals surface area contributed by atoms with Gasteiger partial charge in [0.25, 0.3) is 5.91 Å². The standard InChI is InChI=1S/C14H21N3O3/c1-5-20-12-7-10(6-11(15)8-12)14(19)17(4)9-13(18)16(2)3/h6-8H,5,9,15H2,1-4H3. The summed E-state index contributed by atoms with van der Waals surface area (Å²) in [5.74, 6) is 0.131. The van der Waals surface area contributed by atoms with Crippen LogP contribution in [0.5, 0.6) is 5.75 Å². The molecule has 2 amide bonds. The van der Waals surface area contributed by atoms with Crippen molar-refractivity contribution < 1.29 is 14.3 Å². The van der Waals surface area contributed by atoms with Gasteiger partial charge >= 0.3 is 0 Å². The Morgan fingerprint density at radius 2 is 1.85 bits per heavy atom.